The lowest BCUT2D eigenvalue weighted by Gasteiger charge is -2.32. The summed E-state index contributed by atoms with van der Waals surface area (Å²) in [6.07, 6.45) is -0.973. The molecule has 92 valence electrons. The molecule has 0 aromatic heterocycles. The van der Waals surface area contributed by atoms with Crippen LogP contribution in [0.2, 0.25) is 0 Å². The number of halogens is 4. The number of benzene rings is 1. The third kappa shape index (κ3) is 2.48. The summed E-state index contributed by atoms with van der Waals surface area (Å²) in [7, 11) is 0. The summed E-state index contributed by atoms with van der Waals surface area (Å²) in [5.74, 6) is -4.11. The predicted molar refractivity (Wildman–Crippen MR) is 61.3 cm³/mol. The molecule has 2 rings (SSSR count). The van der Waals surface area contributed by atoms with Crippen LogP contribution < -0.4 is 5.32 Å². The minimum absolute atomic E-state index is 0.237. The van der Waals surface area contributed by atoms with E-state index in [-0.39, 0.29) is 5.56 Å². The molecule has 0 spiro atoms. The third-order valence-electron chi connectivity index (χ3n) is 2.35. The van der Waals surface area contributed by atoms with E-state index >= 15 is 0 Å². The molecule has 1 N–H and O–H groups in total. The Morgan fingerprint density at radius 3 is 2.88 bits per heavy atom. The molecule has 0 radical (unpaired) electrons. The van der Waals surface area contributed by atoms with E-state index in [0.29, 0.717) is 3.57 Å². The minimum atomic E-state index is -3.33. The zero-order chi connectivity index (χ0) is 12.6. The standard InChI is InChI=1S/C10H7F3INO2/c11-7-2-1-5(14)3-6(7)8-10(12,13)4-17-9(16)15-8/h1-3,8H,4H2,(H,15,16)/t8-/m0/s1. The summed E-state index contributed by atoms with van der Waals surface area (Å²) in [5.41, 5.74) is -0.237. The summed E-state index contributed by atoms with van der Waals surface area (Å²) in [6, 6.07) is 2.13. The van der Waals surface area contributed by atoms with Crippen LogP contribution in [0, 0.1) is 9.39 Å². The highest BCUT2D eigenvalue weighted by atomic mass is 127. The molecular weight excluding hydrogens is 350 g/mol. The lowest BCUT2D eigenvalue weighted by molar-refractivity contribution is -0.105. The normalized spacial score (nSPS) is 22.8. The molecule has 0 unspecified atom stereocenters. The molecule has 1 fully saturated rings. The molecular formula is C10H7F3INO2. The fourth-order valence-corrected chi connectivity index (χ4v) is 2.07. The van der Waals surface area contributed by atoms with E-state index in [1.165, 1.54) is 12.1 Å². The SMILES string of the molecule is O=C1N[C@@H](c2cc(I)ccc2F)C(F)(F)CO1. The number of alkyl halides is 2. The Kier molecular flexibility index (Phi) is 3.19. The highest BCUT2D eigenvalue weighted by Crippen LogP contribution is 2.36. The fourth-order valence-electron chi connectivity index (χ4n) is 1.55. The zero-order valence-electron chi connectivity index (χ0n) is 8.34. The van der Waals surface area contributed by atoms with Crippen LogP contribution in [0.4, 0.5) is 18.0 Å². The van der Waals surface area contributed by atoms with Crippen molar-refractivity contribution < 1.29 is 22.7 Å². The van der Waals surface area contributed by atoms with E-state index in [4.69, 9.17) is 0 Å². The molecule has 1 heterocycles. The number of hydrogen-bond donors (Lipinski definition) is 1. The van der Waals surface area contributed by atoms with Gasteiger partial charge < -0.3 is 10.1 Å². The Labute approximate surface area is 108 Å². The van der Waals surface area contributed by atoms with Gasteiger partial charge in [-0.1, -0.05) is 0 Å². The number of ether oxygens (including phenoxy) is 1. The first-order valence-corrected chi connectivity index (χ1v) is 5.74. The van der Waals surface area contributed by atoms with Crippen molar-refractivity contribution in [2.75, 3.05) is 6.61 Å². The number of alkyl carbamates (subject to hydrolysis) is 1. The predicted octanol–water partition coefficient (Wildman–Crippen LogP) is 2.85. The highest BCUT2D eigenvalue weighted by molar-refractivity contribution is 14.1. The van der Waals surface area contributed by atoms with Crippen LogP contribution >= 0.6 is 22.6 Å². The number of nitrogens with one attached hydrogen (secondary N) is 1. The summed E-state index contributed by atoms with van der Waals surface area (Å²) in [6.45, 7) is -1.05. The molecule has 1 aromatic rings. The van der Waals surface area contributed by atoms with E-state index in [0.717, 1.165) is 6.07 Å². The van der Waals surface area contributed by atoms with Gasteiger partial charge in [0, 0.05) is 9.13 Å². The van der Waals surface area contributed by atoms with Gasteiger partial charge in [0.05, 0.1) is 0 Å². The molecule has 17 heavy (non-hydrogen) atoms. The minimum Gasteiger partial charge on any atom is -0.443 e. The summed E-state index contributed by atoms with van der Waals surface area (Å²) in [5, 5.41) is 1.94. The molecule has 0 bridgehead atoms. The zero-order valence-corrected chi connectivity index (χ0v) is 10.5. The summed E-state index contributed by atoms with van der Waals surface area (Å²) < 4.78 is 45.4. The van der Waals surface area contributed by atoms with Crippen LogP contribution in [0.1, 0.15) is 11.6 Å². The topological polar surface area (TPSA) is 38.3 Å². The van der Waals surface area contributed by atoms with Crippen molar-refractivity contribution in [3.05, 3.63) is 33.1 Å². The average molecular weight is 357 g/mol. The lowest BCUT2D eigenvalue weighted by Crippen LogP contribution is -2.49. The van der Waals surface area contributed by atoms with E-state index in [1.807, 2.05) is 27.9 Å². The van der Waals surface area contributed by atoms with Crippen LogP contribution in [0.25, 0.3) is 0 Å². The molecule has 1 amide bonds. The van der Waals surface area contributed by atoms with Crippen molar-refractivity contribution in [2.24, 2.45) is 0 Å². The maximum absolute atomic E-state index is 13.5. The molecule has 1 aliphatic rings. The lowest BCUT2D eigenvalue weighted by atomic mass is 10.00. The van der Waals surface area contributed by atoms with Gasteiger partial charge >= 0.3 is 12.0 Å². The molecule has 0 aliphatic carbocycles. The van der Waals surface area contributed by atoms with Crippen LogP contribution in [-0.4, -0.2) is 18.6 Å². The molecule has 0 saturated carbocycles. The average Bonchev–Trinajstić information content (AvgIpc) is 2.26. The molecule has 1 saturated heterocycles. The number of cyclic esters (lactones) is 1. The molecule has 1 aliphatic heterocycles. The van der Waals surface area contributed by atoms with Crippen molar-refractivity contribution in [1.82, 2.24) is 5.32 Å². The van der Waals surface area contributed by atoms with Crippen molar-refractivity contribution >= 4 is 28.7 Å². The quantitative estimate of drug-likeness (QED) is 0.786. The Bertz CT molecular complexity index is 467. The van der Waals surface area contributed by atoms with Gasteiger partial charge in [-0.05, 0) is 40.8 Å². The molecule has 3 nitrogen and oxygen atoms in total. The smallest absolute Gasteiger partial charge is 0.408 e. The van der Waals surface area contributed by atoms with E-state index < -0.39 is 30.5 Å². The fraction of sp³-hybridized carbons (Fsp3) is 0.300. The molecule has 7 heteroatoms. The van der Waals surface area contributed by atoms with Gasteiger partial charge in [-0.2, -0.15) is 0 Å². The summed E-state index contributed by atoms with van der Waals surface area (Å²) >= 11 is 1.88. The van der Waals surface area contributed by atoms with Gasteiger partial charge in [0.25, 0.3) is 0 Å². The second kappa shape index (κ2) is 4.35. The van der Waals surface area contributed by atoms with Crippen molar-refractivity contribution in [3.8, 4) is 0 Å². The first kappa shape index (κ1) is 12.5. The second-order valence-electron chi connectivity index (χ2n) is 3.58. The van der Waals surface area contributed by atoms with Gasteiger partial charge in [0.15, 0.2) is 6.61 Å². The third-order valence-corrected chi connectivity index (χ3v) is 3.02. The number of carbonyl (C=O) groups is 1. The Morgan fingerprint density at radius 1 is 1.47 bits per heavy atom. The van der Waals surface area contributed by atoms with E-state index in [9.17, 15) is 18.0 Å². The van der Waals surface area contributed by atoms with Crippen LogP contribution in [0.15, 0.2) is 18.2 Å². The summed E-state index contributed by atoms with van der Waals surface area (Å²) in [4.78, 5) is 10.9. The maximum Gasteiger partial charge on any atom is 0.408 e. The van der Waals surface area contributed by atoms with Gasteiger partial charge in [-0.3, -0.25) is 0 Å². The van der Waals surface area contributed by atoms with Crippen LogP contribution in [0.5, 0.6) is 0 Å². The Balaban J connectivity index is 2.42. The molecule has 1 aromatic carbocycles. The first-order valence-electron chi connectivity index (χ1n) is 4.66. The molecule has 1 atom stereocenters. The maximum atomic E-state index is 13.5. The number of hydrogen-bond acceptors (Lipinski definition) is 2. The van der Waals surface area contributed by atoms with Crippen molar-refractivity contribution in [1.29, 1.82) is 0 Å². The number of amides is 1. The van der Waals surface area contributed by atoms with Crippen molar-refractivity contribution in [2.45, 2.75) is 12.0 Å². The second-order valence-corrected chi connectivity index (χ2v) is 4.83. The van der Waals surface area contributed by atoms with Gasteiger partial charge in [-0.15, -0.1) is 0 Å². The number of carbonyl (C=O) groups excluding carboxylic acids is 1. The largest absolute Gasteiger partial charge is 0.443 e. The Morgan fingerprint density at radius 2 is 2.18 bits per heavy atom. The van der Waals surface area contributed by atoms with Crippen LogP contribution in [0.3, 0.4) is 0 Å². The first-order chi connectivity index (χ1) is 7.90. The highest BCUT2D eigenvalue weighted by Gasteiger charge is 2.47. The Hall–Kier alpha value is -0.990. The van der Waals surface area contributed by atoms with Gasteiger partial charge in [-0.25, -0.2) is 18.0 Å². The van der Waals surface area contributed by atoms with Crippen molar-refractivity contribution in [3.63, 3.8) is 0 Å². The van der Waals surface area contributed by atoms with Gasteiger partial charge in [0.1, 0.15) is 11.9 Å². The van der Waals surface area contributed by atoms with E-state index in [1.54, 1.807) is 0 Å². The van der Waals surface area contributed by atoms with E-state index in [2.05, 4.69) is 4.74 Å². The number of rotatable bonds is 1. The van der Waals surface area contributed by atoms with Crippen LogP contribution in [-0.2, 0) is 4.74 Å². The monoisotopic (exact) mass is 357 g/mol. The van der Waals surface area contributed by atoms with Gasteiger partial charge in [0.2, 0.25) is 0 Å².